The van der Waals surface area contributed by atoms with E-state index in [9.17, 15) is 4.79 Å². The fourth-order valence-electron chi connectivity index (χ4n) is 3.52. The van der Waals surface area contributed by atoms with Crippen molar-refractivity contribution in [3.63, 3.8) is 0 Å². The maximum Gasteiger partial charge on any atom is 0.230 e. The summed E-state index contributed by atoms with van der Waals surface area (Å²) in [5.74, 6) is 1.12. The van der Waals surface area contributed by atoms with E-state index >= 15 is 0 Å². The maximum atomic E-state index is 12.8. The molecule has 1 aromatic heterocycles. The monoisotopic (exact) mass is 297 g/mol. The summed E-state index contributed by atoms with van der Waals surface area (Å²) < 4.78 is 0. The van der Waals surface area contributed by atoms with Crippen molar-refractivity contribution in [3.8, 4) is 0 Å². The summed E-state index contributed by atoms with van der Waals surface area (Å²) in [7, 11) is 0. The van der Waals surface area contributed by atoms with Crippen molar-refractivity contribution in [2.75, 3.05) is 31.1 Å². The zero-order chi connectivity index (χ0) is 14.9. The number of nitrogens with zero attached hydrogens (tertiary/aromatic N) is 4. The van der Waals surface area contributed by atoms with Crippen molar-refractivity contribution in [1.82, 2.24) is 20.1 Å². The molecule has 0 bridgehead atoms. The van der Waals surface area contributed by atoms with Gasteiger partial charge in [-0.25, -0.2) is 5.10 Å². The van der Waals surface area contributed by atoms with Gasteiger partial charge in [-0.3, -0.25) is 4.79 Å². The zero-order valence-electron chi connectivity index (χ0n) is 12.4. The highest BCUT2D eigenvalue weighted by molar-refractivity contribution is 5.85. The molecule has 6 heteroatoms. The van der Waals surface area contributed by atoms with Crippen LogP contribution in [0.5, 0.6) is 0 Å². The predicted molar refractivity (Wildman–Crippen MR) is 82.7 cm³/mol. The van der Waals surface area contributed by atoms with Crippen molar-refractivity contribution in [2.24, 2.45) is 0 Å². The molecule has 22 heavy (non-hydrogen) atoms. The van der Waals surface area contributed by atoms with E-state index in [1.807, 2.05) is 11.0 Å². The smallest absolute Gasteiger partial charge is 0.230 e. The van der Waals surface area contributed by atoms with Crippen LogP contribution in [0.25, 0.3) is 0 Å². The molecule has 0 spiro atoms. The van der Waals surface area contributed by atoms with Crippen LogP contribution in [-0.4, -0.2) is 52.2 Å². The third kappa shape index (κ3) is 2.24. The molecule has 4 rings (SSSR count). The number of aromatic amines is 1. The average Bonchev–Trinajstić information content (AvgIpc) is 3.24. The Morgan fingerprint density at radius 3 is 2.77 bits per heavy atom. The van der Waals surface area contributed by atoms with Gasteiger partial charge in [0.2, 0.25) is 11.9 Å². The SMILES string of the molecule is O=C(C1CCc2ccccc21)N1CCN(c2ncn[nH]2)CC1. The lowest BCUT2D eigenvalue weighted by molar-refractivity contribution is -0.133. The second-order valence-electron chi connectivity index (χ2n) is 5.91. The van der Waals surface area contributed by atoms with E-state index in [0.29, 0.717) is 0 Å². The van der Waals surface area contributed by atoms with Crippen LogP contribution in [0.3, 0.4) is 0 Å². The lowest BCUT2D eigenvalue weighted by Crippen LogP contribution is -2.50. The van der Waals surface area contributed by atoms with E-state index in [1.54, 1.807) is 0 Å². The van der Waals surface area contributed by atoms with Crippen LogP contribution < -0.4 is 4.90 Å². The summed E-state index contributed by atoms with van der Waals surface area (Å²) in [5, 5.41) is 6.76. The maximum absolute atomic E-state index is 12.8. The average molecular weight is 297 g/mol. The van der Waals surface area contributed by atoms with Gasteiger partial charge in [0, 0.05) is 26.2 Å². The Hall–Kier alpha value is -2.37. The van der Waals surface area contributed by atoms with E-state index < -0.39 is 0 Å². The Labute approximate surface area is 129 Å². The first-order chi connectivity index (χ1) is 10.8. The summed E-state index contributed by atoms with van der Waals surface area (Å²) in [6.07, 6.45) is 3.48. The highest BCUT2D eigenvalue weighted by Crippen LogP contribution is 2.34. The predicted octanol–water partition coefficient (Wildman–Crippen LogP) is 1.18. The summed E-state index contributed by atoms with van der Waals surface area (Å²) >= 11 is 0. The number of nitrogens with one attached hydrogen (secondary N) is 1. The minimum absolute atomic E-state index is 0.0491. The molecule has 1 saturated heterocycles. The quantitative estimate of drug-likeness (QED) is 0.904. The number of hydrogen-bond donors (Lipinski definition) is 1. The number of piperazine rings is 1. The Bertz CT molecular complexity index is 661. The molecular formula is C16H19N5O. The Morgan fingerprint density at radius 1 is 1.18 bits per heavy atom. The van der Waals surface area contributed by atoms with Gasteiger partial charge in [0.05, 0.1) is 5.92 Å². The van der Waals surface area contributed by atoms with Crippen molar-refractivity contribution in [3.05, 3.63) is 41.7 Å². The highest BCUT2D eigenvalue weighted by Gasteiger charge is 2.33. The molecule has 1 aromatic carbocycles. The summed E-state index contributed by atoms with van der Waals surface area (Å²) in [4.78, 5) is 21.1. The summed E-state index contributed by atoms with van der Waals surface area (Å²) in [6.45, 7) is 3.10. The van der Waals surface area contributed by atoms with Crippen LogP contribution in [0, 0.1) is 0 Å². The molecule has 114 valence electrons. The van der Waals surface area contributed by atoms with Gasteiger partial charge < -0.3 is 9.80 Å². The van der Waals surface area contributed by atoms with Crippen LogP contribution in [0.2, 0.25) is 0 Å². The topological polar surface area (TPSA) is 65.1 Å². The molecule has 1 aliphatic carbocycles. The molecular weight excluding hydrogens is 278 g/mol. The first-order valence-electron chi connectivity index (χ1n) is 7.80. The van der Waals surface area contributed by atoms with Gasteiger partial charge >= 0.3 is 0 Å². The first-order valence-corrected chi connectivity index (χ1v) is 7.80. The van der Waals surface area contributed by atoms with E-state index in [-0.39, 0.29) is 11.8 Å². The Balaban J connectivity index is 1.43. The van der Waals surface area contributed by atoms with Crippen molar-refractivity contribution < 1.29 is 4.79 Å². The molecule has 2 heterocycles. The first kappa shape index (κ1) is 13.3. The third-order valence-electron chi connectivity index (χ3n) is 4.72. The Morgan fingerprint density at radius 2 is 2.00 bits per heavy atom. The van der Waals surface area contributed by atoms with Crippen LogP contribution >= 0.6 is 0 Å². The molecule has 0 radical (unpaired) electrons. The number of carbonyl (C=O) groups is 1. The van der Waals surface area contributed by atoms with E-state index in [4.69, 9.17) is 0 Å². The standard InChI is InChI=1S/C16H19N5O/c22-15(14-6-5-12-3-1-2-4-13(12)14)20-7-9-21(10-8-20)16-17-11-18-19-16/h1-4,11,14H,5-10H2,(H,17,18,19). The molecule has 1 aliphatic heterocycles. The second-order valence-corrected chi connectivity index (χ2v) is 5.91. The van der Waals surface area contributed by atoms with Gasteiger partial charge in [-0.15, -0.1) is 0 Å². The van der Waals surface area contributed by atoms with E-state index in [2.05, 4.69) is 38.3 Å². The number of H-pyrrole nitrogens is 1. The van der Waals surface area contributed by atoms with Crippen molar-refractivity contribution in [1.29, 1.82) is 0 Å². The number of fused-ring (bicyclic) bond motifs is 1. The minimum atomic E-state index is 0.0491. The number of aromatic nitrogens is 3. The van der Waals surface area contributed by atoms with Crippen LogP contribution in [0.15, 0.2) is 30.6 Å². The molecule has 1 atom stereocenters. The zero-order valence-corrected chi connectivity index (χ0v) is 12.4. The number of anilines is 1. The minimum Gasteiger partial charge on any atom is -0.339 e. The molecule has 2 aliphatic rings. The molecule has 2 aromatic rings. The summed E-state index contributed by atoms with van der Waals surface area (Å²) in [6, 6.07) is 8.34. The van der Waals surface area contributed by atoms with Crippen LogP contribution in [0.4, 0.5) is 5.95 Å². The molecule has 6 nitrogen and oxygen atoms in total. The van der Waals surface area contributed by atoms with Crippen molar-refractivity contribution >= 4 is 11.9 Å². The van der Waals surface area contributed by atoms with Crippen molar-refractivity contribution in [2.45, 2.75) is 18.8 Å². The fourth-order valence-corrected chi connectivity index (χ4v) is 3.52. The van der Waals surface area contributed by atoms with Gasteiger partial charge in [0.25, 0.3) is 0 Å². The molecule has 1 N–H and O–H groups in total. The molecule has 1 unspecified atom stereocenters. The number of amides is 1. The van der Waals surface area contributed by atoms with Crippen LogP contribution in [-0.2, 0) is 11.2 Å². The highest BCUT2D eigenvalue weighted by atomic mass is 16.2. The Kier molecular flexibility index (Phi) is 3.29. The fraction of sp³-hybridized carbons (Fsp3) is 0.438. The van der Waals surface area contributed by atoms with Gasteiger partial charge in [-0.1, -0.05) is 24.3 Å². The summed E-state index contributed by atoms with van der Waals surface area (Å²) in [5.41, 5.74) is 2.56. The lowest BCUT2D eigenvalue weighted by Gasteiger charge is -2.35. The normalized spacial score (nSPS) is 21.0. The number of hydrogen-bond acceptors (Lipinski definition) is 4. The van der Waals surface area contributed by atoms with E-state index in [0.717, 1.165) is 45.0 Å². The molecule has 1 amide bonds. The lowest BCUT2D eigenvalue weighted by atomic mass is 9.99. The van der Waals surface area contributed by atoms with Gasteiger partial charge in [0.15, 0.2) is 0 Å². The number of benzene rings is 1. The third-order valence-corrected chi connectivity index (χ3v) is 4.72. The number of rotatable bonds is 2. The van der Waals surface area contributed by atoms with E-state index in [1.165, 1.54) is 17.5 Å². The second kappa shape index (κ2) is 5.44. The number of carbonyl (C=O) groups excluding carboxylic acids is 1. The van der Waals surface area contributed by atoms with Gasteiger partial charge in [-0.2, -0.15) is 10.1 Å². The molecule has 1 fully saturated rings. The molecule has 0 saturated carbocycles. The largest absolute Gasteiger partial charge is 0.339 e. The van der Waals surface area contributed by atoms with Gasteiger partial charge in [0.1, 0.15) is 6.33 Å². The van der Waals surface area contributed by atoms with Gasteiger partial charge in [-0.05, 0) is 24.0 Å². The number of aryl methyl sites for hydroxylation is 1. The van der Waals surface area contributed by atoms with Crippen LogP contribution in [0.1, 0.15) is 23.5 Å².